The fraction of sp³-hybridized carbons (Fsp3) is 0.467. The lowest BCUT2D eigenvalue weighted by molar-refractivity contribution is 0.247. The summed E-state index contributed by atoms with van der Waals surface area (Å²) >= 11 is 1.74. The zero-order valence-corrected chi connectivity index (χ0v) is 13.4. The summed E-state index contributed by atoms with van der Waals surface area (Å²) in [6.07, 6.45) is 4.21. The maximum absolute atomic E-state index is 9.12. The zero-order valence-electron chi connectivity index (χ0n) is 12.6. The van der Waals surface area contributed by atoms with Crippen LogP contribution in [0.4, 0.5) is 5.82 Å². The van der Waals surface area contributed by atoms with Crippen LogP contribution in [0.1, 0.15) is 23.3 Å². The first kappa shape index (κ1) is 14.9. The Bertz CT molecular complexity index is 669. The molecule has 0 N–H and O–H groups in total. The zero-order chi connectivity index (χ0) is 15.4. The van der Waals surface area contributed by atoms with Crippen LogP contribution in [-0.4, -0.2) is 46.0 Å². The normalized spacial score (nSPS) is 15.7. The van der Waals surface area contributed by atoms with Crippen LogP contribution in [0, 0.1) is 11.3 Å². The SMILES string of the molecule is CCc1nc(CN2CCN(c3nccnc3C#N)CC2)cs1. The molecule has 0 aromatic carbocycles. The van der Waals surface area contributed by atoms with Crippen molar-refractivity contribution in [1.29, 1.82) is 5.26 Å². The summed E-state index contributed by atoms with van der Waals surface area (Å²) in [5, 5.41) is 12.5. The van der Waals surface area contributed by atoms with E-state index in [9.17, 15) is 0 Å². The second-order valence-corrected chi connectivity index (χ2v) is 6.13. The third-order valence-electron chi connectivity index (χ3n) is 3.74. The van der Waals surface area contributed by atoms with Crippen molar-refractivity contribution in [3.05, 3.63) is 34.2 Å². The lowest BCUT2D eigenvalue weighted by atomic mass is 10.2. The first-order valence-electron chi connectivity index (χ1n) is 7.42. The Morgan fingerprint density at radius 3 is 2.68 bits per heavy atom. The van der Waals surface area contributed by atoms with Crippen LogP contribution in [0.2, 0.25) is 0 Å². The van der Waals surface area contributed by atoms with Crippen LogP contribution in [0.25, 0.3) is 0 Å². The first-order chi connectivity index (χ1) is 10.8. The minimum atomic E-state index is 0.406. The van der Waals surface area contributed by atoms with E-state index in [0.717, 1.165) is 44.8 Å². The lowest BCUT2D eigenvalue weighted by Gasteiger charge is -2.35. The highest BCUT2D eigenvalue weighted by atomic mass is 32.1. The Hall–Kier alpha value is -2.04. The molecule has 2 aromatic heterocycles. The van der Waals surface area contributed by atoms with Crippen LogP contribution in [0.5, 0.6) is 0 Å². The van der Waals surface area contributed by atoms with Crippen molar-refractivity contribution in [3.8, 4) is 6.07 Å². The minimum absolute atomic E-state index is 0.406. The highest BCUT2D eigenvalue weighted by Crippen LogP contribution is 2.18. The molecule has 1 aliphatic rings. The van der Waals surface area contributed by atoms with Gasteiger partial charge in [-0.25, -0.2) is 15.0 Å². The van der Waals surface area contributed by atoms with E-state index in [1.807, 2.05) is 0 Å². The number of rotatable bonds is 4. The third kappa shape index (κ3) is 3.24. The number of thiazole rings is 1. The van der Waals surface area contributed by atoms with Crippen molar-refractivity contribution in [2.24, 2.45) is 0 Å². The molecule has 3 heterocycles. The minimum Gasteiger partial charge on any atom is -0.352 e. The van der Waals surface area contributed by atoms with Gasteiger partial charge in [-0.15, -0.1) is 11.3 Å². The summed E-state index contributed by atoms with van der Waals surface area (Å²) < 4.78 is 0. The van der Waals surface area contributed by atoms with E-state index in [0.29, 0.717) is 11.5 Å². The van der Waals surface area contributed by atoms with Crippen LogP contribution in [-0.2, 0) is 13.0 Å². The van der Waals surface area contributed by atoms with Crippen molar-refractivity contribution in [2.75, 3.05) is 31.1 Å². The van der Waals surface area contributed by atoms with Crippen molar-refractivity contribution < 1.29 is 0 Å². The molecule has 0 saturated carbocycles. The van der Waals surface area contributed by atoms with Gasteiger partial charge in [0.15, 0.2) is 11.5 Å². The van der Waals surface area contributed by atoms with Gasteiger partial charge in [-0.2, -0.15) is 5.26 Å². The Kier molecular flexibility index (Phi) is 4.61. The summed E-state index contributed by atoms with van der Waals surface area (Å²) in [5.41, 5.74) is 1.57. The summed E-state index contributed by atoms with van der Waals surface area (Å²) in [6.45, 7) is 6.64. The van der Waals surface area contributed by atoms with Gasteiger partial charge in [-0.05, 0) is 6.42 Å². The van der Waals surface area contributed by atoms with E-state index in [2.05, 4.69) is 43.1 Å². The number of hydrogen-bond acceptors (Lipinski definition) is 7. The second-order valence-electron chi connectivity index (χ2n) is 5.19. The summed E-state index contributed by atoms with van der Waals surface area (Å²) in [4.78, 5) is 17.6. The predicted octanol–water partition coefficient (Wildman–Crippen LogP) is 1.69. The molecule has 0 radical (unpaired) electrons. The van der Waals surface area contributed by atoms with Gasteiger partial charge >= 0.3 is 0 Å². The van der Waals surface area contributed by atoms with E-state index in [-0.39, 0.29) is 0 Å². The molecule has 0 atom stereocenters. The largest absolute Gasteiger partial charge is 0.352 e. The number of nitrogens with zero attached hydrogens (tertiary/aromatic N) is 6. The molecule has 7 heteroatoms. The fourth-order valence-electron chi connectivity index (χ4n) is 2.57. The average Bonchev–Trinajstić information content (AvgIpc) is 3.03. The number of nitriles is 1. The Morgan fingerprint density at radius 1 is 1.23 bits per heavy atom. The molecule has 0 spiro atoms. The quantitative estimate of drug-likeness (QED) is 0.855. The molecule has 2 aromatic rings. The second kappa shape index (κ2) is 6.81. The maximum Gasteiger partial charge on any atom is 0.183 e. The average molecular weight is 314 g/mol. The molecule has 22 heavy (non-hydrogen) atoms. The van der Waals surface area contributed by atoms with Crippen molar-refractivity contribution in [1.82, 2.24) is 19.9 Å². The van der Waals surface area contributed by atoms with Crippen LogP contribution < -0.4 is 4.90 Å². The van der Waals surface area contributed by atoms with Gasteiger partial charge in [0.1, 0.15) is 6.07 Å². The van der Waals surface area contributed by atoms with E-state index >= 15 is 0 Å². The number of aromatic nitrogens is 3. The van der Waals surface area contributed by atoms with Crippen molar-refractivity contribution in [2.45, 2.75) is 19.9 Å². The first-order valence-corrected chi connectivity index (χ1v) is 8.29. The van der Waals surface area contributed by atoms with Crippen molar-refractivity contribution >= 4 is 17.2 Å². The van der Waals surface area contributed by atoms with Crippen LogP contribution in [0.3, 0.4) is 0 Å². The number of hydrogen-bond donors (Lipinski definition) is 0. The fourth-order valence-corrected chi connectivity index (χ4v) is 3.31. The predicted molar refractivity (Wildman–Crippen MR) is 85.7 cm³/mol. The van der Waals surface area contributed by atoms with Gasteiger partial charge < -0.3 is 4.90 Å². The summed E-state index contributed by atoms with van der Waals surface area (Å²) in [6, 6.07) is 2.12. The standard InChI is InChI=1S/C15H18N6S/c1-2-14-19-12(11-22-14)10-20-5-7-21(8-6-20)15-13(9-16)17-3-4-18-15/h3-4,11H,2,5-8,10H2,1H3. The highest BCUT2D eigenvalue weighted by molar-refractivity contribution is 7.09. The molecule has 1 aliphatic heterocycles. The van der Waals surface area contributed by atoms with Gasteiger partial charge in [0, 0.05) is 50.5 Å². The molecule has 0 unspecified atom stereocenters. The smallest absolute Gasteiger partial charge is 0.183 e. The molecule has 1 saturated heterocycles. The topological polar surface area (TPSA) is 68.9 Å². The Morgan fingerprint density at radius 2 is 2.00 bits per heavy atom. The maximum atomic E-state index is 9.12. The number of aryl methyl sites for hydroxylation is 1. The van der Waals surface area contributed by atoms with Crippen molar-refractivity contribution in [3.63, 3.8) is 0 Å². The third-order valence-corrected chi connectivity index (χ3v) is 4.79. The molecule has 6 nitrogen and oxygen atoms in total. The number of anilines is 1. The highest BCUT2D eigenvalue weighted by Gasteiger charge is 2.21. The number of piperazine rings is 1. The van der Waals surface area contributed by atoms with Crippen LogP contribution in [0.15, 0.2) is 17.8 Å². The van der Waals surface area contributed by atoms with E-state index in [4.69, 9.17) is 5.26 Å². The van der Waals surface area contributed by atoms with Gasteiger partial charge in [0.05, 0.1) is 10.7 Å². The monoisotopic (exact) mass is 314 g/mol. The summed E-state index contributed by atoms with van der Waals surface area (Å²) in [7, 11) is 0. The summed E-state index contributed by atoms with van der Waals surface area (Å²) in [5.74, 6) is 0.701. The van der Waals surface area contributed by atoms with Gasteiger partial charge in [0.2, 0.25) is 0 Å². The molecular weight excluding hydrogens is 296 g/mol. The molecule has 114 valence electrons. The molecule has 0 bridgehead atoms. The van der Waals surface area contributed by atoms with E-state index in [1.165, 1.54) is 5.01 Å². The molecule has 3 rings (SSSR count). The van der Waals surface area contributed by atoms with Gasteiger partial charge in [0.25, 0.3) is 0 Å². The van der Waals surface area contributed by atoms with E-state index in [1.54, 1.807) is 23.7 Å². The Labute approximate surface area is 134 Å². The Balaban J connectivity index is 1.59. The van der Waals surface area contributed by atoms with E-state index < -0.39 is 0 Å². The lowest BCUT2D eigenvalue weighted by Crippen LogP contribution is -2.46. The molecule has 0 aliphatic carbocycles. The van der Waals surface area contributed by atoms with Crippen LogP contribution >= 0.6 is 11.3 Å². The molecular formula is C15H18N6S. The molecule has 0 amide bonds. The van der Waals surface area contributed by atoms with Gasteiger partial charge in [-0.3, -0.25) is 4.90 Å². The molecule has 1 fully saturated rings. The van der Waals surface area contributed by atoms with Gasteiger partial charge in [-0.1, -0.05) is 6.92 Å².